The lowest BCUT2D eigenvalue weighted by Crippen LogP contribution is -2.42. The molecule has 0 amide bonds. The van der Waals surface area contributed by atoms with Crippen molar-refractivity contribution in [1.82, 2.24) is 0 Å². The fourth-order valence-corrected chi connectivity index (χ4v) is 6.10. The smallest absolute Gasteiger partial charge is 0.184 e. The minimum Gasteiger partial charge on any atom is -0.412 e. The first-order valence-electron chi connectivity index (χ1n) is 9.64. The number of hydrogen-bond acceptors (Lipinski definition) is 3. The van der Waals surface area contributed by atoms with E-state index in [4.69, 9.17) is 9.16 Å². The van der Waals surface area contributed by atoms with Crippen molar-refractivity contribution in [3.05, 3.63) is 0 Å². The maximum absolute atomic E-state index is 11.6. The molecule has 23 heavy (non-hydrogen) atoms. The van der Waals surface area contributed by atoms with Gasteiger partial charge in [-0.1, -0.05) is 13.8 Å². The SMILES string of the molecule is CCC(CC)(CCC[C@H]1C[C@@H]2CC(=O)CC[C@@H]2O1)O[Si](C)(C)C. The molecule has 3 atom stereocenters. The predicted molar refractivity (Wildman–Crippen MR) is 97.2 cm³/mol. The number of ether oxygens (including phenoxy) is 1. The topological polar surface area (TPSA) is 35.5 Å². The van der Waals surface area contributed by atoms with E-state index >= 15 is 0 Å². The molecule has 0 aromatic carbocycles. The molecule has 0 spiro atoms. The van der Waals surface area contributed by atoms with Gasteiger partial charge in [0.2, 0.25) is 0 Å². The van der Waals surface area contributed by atoms with Crippen LogP contribution >= 0.6 is 0 Å². The van der Waals surface area contributed by atoms with Crippen molar-refractivity contribution < 1.29 is 14.0 Å². The lowest BCUT2D eigenvalue weighted by Gasteiger charge is -2.38. The lowest BCUT2D eigenvalue weighted by molar-refractivity contribution is -0.123. The Balaban J connectivity index is 1.80. The molecule has 0 radical (unpaired) electrons. The third kappa shape index (κ3) is 5.40. The molecule has 0 aromatic rings. The number of rotatable bonds is 8. The minimum atomic E-state index is -1.52. The summed E-state index contributed by atoms with van der Waals surface area (Å²) in [4.78, 5) is 11.6. The summed E-state index contributed by atoms with van der Waals surface area (Å²) in [6, 6.07) is 0. The van der Waals surface area contributed by atoms with Gasteiger partial charge in [0.15, 0.2) is 8.32 Å². The molecule has 1 saturated carbocycles. The van der Waals surface area contributed by atoms with Crippen LogP contribution in [0.1, 0.15) is 71.6 Å². The van der Waals surface area contributed by atoms with Crippen LogP contribution in [0.15, 0.2) is 0 Å². The van der Waals surface area contributed by atoms with Crippen LogP contribution in [-0.4, -0.2) is 31.9 Å². The van der Waals surface area contributed by atoms with Crippen LogP contribution in [-0.2, 0) is 14.0 Å². The fraction of sp³-hybridized carbons (Fsp3) is 0.947. The van der Waals surface area contributed by atoms with Crippen LogP contribution in [0.4, 0.5) is 0 Å². The predicted octanol–water partition coefficient (Wildman–Crippen LogP) is 5.09. The molecule has 2 aliphatic rings. The van der Waals surface area contributed by atoms with Gasteiger partial charge >= 0.3 is 0 Å². The van der Waals surface area contributed by atoms with Gasteiger partial charge in [-0.05, 0) is 70.5 Å². The average Bonchev–Trinajstić information content (AvgIpc) is 2.86. The molecule has 1 aliphatic carbocycles. The first-order valence-corrected chi connectivity index (χ1v) is 13.0. The van der Waals surface area contributed by atoms with Crippen molar-refractivity contribution in [2.45, 2.75) is 109 Å². The van der Waals surface area contributed by atoms with E-state index in [1.165, 1.54) is 6.42 Å². The summed E-state index contributed by atoms with van der Waals surface area (Å²) >= 11 is 0. The Hall–Kier alpha value is -0.193. The van der Waals surface area contributed by atoms with Crippen LogP contribution in [0.5, 0.6) is 0 Å². The Morgan fingerprint density at radius 2 is 1.96 bits per heavy atom. The van der Waals surface area contributed by atoms with Crippen LogP contribution in [0.25, 0.3) is 0 Å². The first-order chi connectivity index (χ1) is 10.8. The fourth-order valence-electron chi connectivity index (χ4n) is 4.41. The summed E-state index contributed by atoms with van der Waals surface area (Å²) in [7, 11) is -1.52. The van der Waals surface area contributed by atoms with E-state index in [-0.39, 0.29) is 5.60 Å². The molecule has 4 heteroatoms. The quantitative estimate of drug-likeness (QED) is 0.577. The Kier molecular flexibility index (Phi) is 6.48. The zero-order valence-electron chi connectivity index (χ0n) is 15.8. The second-order valence-electron chi connectivity index (χ2n) is 8.57. The largest absolute Gasteiger partial charge is 0.412 e. The second-order valence-corrected chi connectivity index (χ2v) is 13.0. The Morgan fingerprint density at radius 3 is 2.57 bits per heavy atom. The van der Waals surface area contributed by atoms with E-state index in [1.54, 1.807) is 0 Å². The van der Waals surface area contributed by atoms with Gasteiger partial charge in [0.25, 0.3) is 0 Å². The zero-order chi connectivity index (χ0) is 17.1. The van der Waals surface area contributed by atoms with Gasteiger partial charge in [-0.25, -0.2) is 0 Å². The molecule has 0 aromatic heterocycles. The monoisotopic (exact) mass is 340 g/mol. The molecule has 0 N–H and O–H groups in total. The standard InChI is InChI=1S/C19H36O3Si/c1-6-19(7-2,22-23(3,4)5)12-8-9-17-14-15-13-16(20)10-11-18(15)21-17/h15,17-18H,6-14H2,1-5H3/t15-,17-,18-/m0/s1. The normalized spacial score (nSPS) is 28.9. The van der Waals surface area contributed by atoms with Crippen LogP contribution in [0.2, 0.25) is 19.6 Å². The summed E-state index contributed by atoms with van der Waals surface area (Å²) in [5.41, 5.74) is 0.0613. The molecule has 3 nitrogen and oxygen atoms in total. The van der Waals surface area contributed by atoms with E-state index in [1.807, 2.05) is 0 Å². The van der Waals surface area contributed by atoms with Crippen molar-refractivity contribution in [2.75, 3.05) is 0 Å². The van der Waals surface area contributed by atoms with E-state index in [0.717, 1.165) is 51.4 Å². The second kappa shape index (κ2) is 7.79. The molecule has 2 fully saturated rings. The number of carbonyl (C=O) groups excluding carboxylic acids is 1. The molecule has 0 unspecified atom stereocenters. The maximum Gasteiger partial charge on any atom is 0.184 e. The van der Waals surface area contributed by atoms with Crippen LogP contribution in [0, 0.1) is 5.92 Å². The number of carbonyl (C=O) groups is 1. The number of ketones is 1. The molecular weight excluding hydrogens is 304 g/mol. The van der Waals surface area contributed by atoms with Crippen molar-refractivity contribution in [2.24, 2.45) is 5.92 Å². The first kappa shape index (κ1) is 19.1. The van der Waals surface area contributed by atoms with E-state index in [9.17, 15) is 4.79 Å². The molecule has 1 saturated heterocycles. The van der Waals surface area contributed by atoms with Crippen molar-refractivity contribution in [3.63, 3.8) is 0 Å². The molecular formula is C19H36O3Si. The molecule has 1 heterocycles. The van der Waals surface area contributed by atoms with E-state index in [2.05, 4.69) is 33.5 Å². The summed E-state index contributed by atoms with van der Waals surface area (Å²) in [6.07, 6.45) is 9.88. The summed E-state index contributed by atoms with van der Waals surface area (Å²) in [5.74, 6) is 0.941. The average molecular weight is 341 g/mol. The highest BCUT2D eigenvalue weighted by molar-refractivity contribution is 6.69. The Morgan fingerprint density at radius 1 is 1.26 bits per heavy atom. The maximum atomic E-state index is 11.6. The third-order valence-electron chi connectivity index (χ3n) is 5.63. The van der Waals surface area contributed by atoms with Crippen LogP contribution < -0.4 is 0 Å². The molecule has 1 aliphatic heterocycles. The Labute approximate surface area is 143 Å². The molecule has 2 rings (SSSR count). The lowest BCUT2D eigenvalue weighted by atomic mass is 9.84. The molecule has 134 valence electrons. The van der Waals surface area contributed by atoms with Gasteiger partial charge in [-0.2, -0.15) is 0 Å². The van der Waals surface area contributed by atoms with Gasteiger partial charge in [0.05, 0.1) is 17.8 Å². The van der Waals surface area contributed by atoms with E-state index < -0.39 is 8.32 Å². The van der Waals surface area contributed by atoms with Crippen molar-refractivity contribution in [3.8, 4) is 0 Å². The third-order valence-corrected chi connectivity index (χ3v) is 6.67. The Bertz CT molecular complexity index is 398. The van der Waals surface area contributed by atoms with Gasteiger partial charge in [0.1, 0.15) is 5.78 Å². The zero-order valence-corrected chi connectivity index (χ0v) is 16.8. The van der Waals surface area contributed by atoms with Crippen molar-refractivity contribution in [1.29, 1.82) is 0 Å². The minimum absolute atomic E-state index is 0.0613. The van der Waals surface area contributed by atoms with Crippen LogP contribution in [0.3, 0.4) is 0 Å². The highest BCUT2D eigenvalue weighted by Gasteiger charge is 2.39. The van der Waals surface area contributed by atoms with Gasteiger partial charge < -0.3 is 9.16 Å². The number of hydrogen-bond donors (Lipinski definition) is 0. The van der Waals surface area contributed by atoms with E-state index in [0.29, 0.717) is 23.9 Å². The highest BCUT2D eigenvalue weighted by Crippen LogP contribution is 2.38. The highest BCUT2D eigenvalue weighted by atomic mass is 28.4. The number of Topliss-reactive ketones (excluding diaryl/α,β-unsaturated/α-hetero) is 1. The summed E-state index contributed by atoms with van der Waals surface area (Å²) in [6.45, 7) is 11.4. The van der Waals surface area contributed by atoms with Gasteiger partial charge in [0, 0.05) is 12.8 Å². The molecule has 0 bridgehead atoms. The van der Waals surface area contributed by atoms with Gasteiger partial charge in [-0.3, -0.25) is 4.79 Å². The van der Waals surface area contributed by atoms with Crippen molar-refractivity contribution >= 4 is 14.1 Å². The van der Waals surface area contributed by atoms with Gasteiger partial charge in [-0.15, -0.1) is 0 Å². The summed E-state index contributed by atoms with van der Waals surface area (Å²) in [5, 5.41) is 0. The number of fused-ring (bicyclic) bond motifs is 1. The summed E-state index contributed by atoms with van der Waals surface area (Å²) < 4.78 is 12.8.